The average molecular weight is 177 g/mol. The molecule has 0 fully saturated rings. The van der Waals surface area contributed by atoms with Gasteiger partial charge in [-0.15, -0.1) is 0 Å². The van der Waals surface area contributed by atoms with Crippen molar-refractivity contribution in [2.75, 3.05) is 20.1 Å². The van der Waals surface area contributed by atoms with E-state index >= 15 is 0 Å². The van der Waals surface area contributed by atoms with E-state index in [2.05, 4.69) is 10.6 Å². The molecular weight excluding hydrogens is 164 g/mol. The van der Waals surface area contributed by atoms with E-state index in [1.807, 2.05) is 18.2 Å². The van der Waals surface area contributed by atoms with E-state index in [0.717, 1.165) is 0 Å². The lowest BCUT2D eigenvalue weighted by atomic mass is 10.2. The van der Waals surface area contributed by atoms with Gasteiger partial charge in [0.2, 0.25) is 0 Å². The van der Waals surface area contributed by atoms with Gasteiger partial charge in [-0.2, -0.15) is 0 Å². The van der Waals surface area contributed by atoms with E-state index < -0.39 is 0 Å². The van der Waals surface area contributed by atoms with Crippen LogP contribution < -0.4 is 10.6 Å². The topological polar surface area (TPSA) is 43.2 Å². The molecule has 0 bridgehead atoms. The molecule has 0 unspecified atom stereocenters. The molecule has 3 heteroatoms. The Morgan fingerprint density at radius 3 is 2.69 bits per heavy atom. The zero-order valence-corrected chi connectivity index (χ0v) is 7.66. The minimum Gasteiger partial charge on any atom is -0.351 e. The van der Waals surface area contributed by atoms with Gasteiger partial charge in [0.15, 0.2) is 0 Å². The van der Waals surface area contributed by atoms with Crippen LogP contribution in [0.1, 0.15) is 10.4 Å². The van der Waals surface area contributed by atoms with Crippen molar-refractivity contribution in [3.8, 4) is 0 Å². The zero-order valence-electron chi connectivity index (χ0n) is 7.66. The lowest BCUT2D eigenvalue weighted by Crippen LogP contribution is -2.28. The van der Waals surface area contributed by atoms with Crippen LogP contribution in [0.4, 0.5) is 0 Å². The Balaban J connectivity index is 2.40. The van der Waals surface area contributed by atoms with Crippen LogP contribution in [0.5, 0.6) is 0 Å². The Bertz CT molecular complexity index is 259. The molecule has 1 aromatic carbocycles. The third kappa shape index (κ3) is 3.25. The molecular formula is C10H13N2O. The largest absolute Gasteiger partial charge is 0.351 e. The van der Waals surface area contributed by atoms with Crippen molar-refractivity contribution in [1.29, 1.82) is 0 Å². The Labute approximate surface area is 78.2 Å². The standard InChI is InChI=1S/C10H13N2O/c1-11-7-8-12-10(13)9-5-3-2-4-6-9/h2-6H,7-8H2,1H3,(H,12,13). The van der Waals surface area contributed by atoms with Crippen molar-refractivity contribution in [1.82, 2.24) is 10.6 Å². The van der Waals surface area contributed by atoms with Crippen LogP contribution >= 0.6 is 0 Å². The predicted octanol–water partition coefficient (Wildman–Crippen LogP) is 0.651. The summed E-state index contributed by atoms with van der Waals surface area (Å²) < 4.78 is 0. The first-order valence-electron chi connectivity index (χ1n) is 4.23. The van der Waals surface area contributed by atoms with Crippen LogP contribution in [0, 0.1) is 0 Å². The number of carbonyl (C=O) groups is 1. The third-order valence-electron chi connectivity index (χ3n) is 1.66. The number of rotatable bonds is 4. The highest BCUT2D eigenvalue weighted by Gasteiger charge is 2.01. The number of hydrogen-bond acceptors (Lipinski definition) is 1. The van der Waals surface area contributed by atoms with E-state index in [4.69, 9.17) is 0 Å². The highest BCUT2D eigenvalue weighted by molar-refractivity contribution is 5.94. The van der Waals surface area contributed by atoms with Crippen molar-refractivity contribution in [3.05, 3.63) is 35.9 Å². The first kappa shape index (κ1) is 9.74. The maximum atomic E-state index is 11.4. The maximum absolute atomic E-state index is 11.4. The van der Waals surface area contributed by atoms with Gasteiger partial charge >= 0.3 is 0 Å². The molecule has 1 rings (SSSR count). The third-order valence-corrected chi connectivity index (χ3v) is 1.66. The zero-order chi connectivity index (χ0) is 9.52. The second-order valence-electron chi connectivity index (χ2n) is 2.66. The summed E-state index contributed by atoms with van der Waals surface area (Å²) in [7, 11) is 1.73. The van der Waals surface area contributed by atoms with Gasteiger partial charge in [0, 0.05) is 25.7 Å². The highest BCUT2D eigenvalue weighted by Crippen LogP contribution is 1.96. The van der Waals surface area contributed by atoms with E-state index in [9.17, 15) is 4.79 Å². The fraction of sp³-hybridized carbons (Fsp3) is 0.300. The lowest BCUT2D eigenvalue weighted by molar-refractivity contribution is 0.0954. The highest BCUT2D eigenvalue weighted by atomic mass is 16.1. The number of nitrogens with one attached hydrogen (secondary N) is 1. The van der Waals surface area contributed by atoms with Gasteiger partial charge in [0.1, 0.15) is 0 Å². The van der Waals surface area contributed by atoms with Crippen LogP contribution in [0.25, 0.3) is 0 Å². The van der Waals surface area contributed by atoms with E-state index in [-0.39, 0.29) is 5.91 Å². The van der Waals surface area contributed by atoms with Crippen LogP contribution in [-0.2, 0) is 0 Å². The number of benzene rings is 1. The quantitative estimate of drug-likeness (QED) is 0.674. The molecule has 1 radical (unpaired) electrons. The molecule has 0 saturated carbocycles. The molecule has 0 aliphatic heterocycles. The van der Waals surface area contributed by atoms with Gasteiger partial charge in [-0.1, -0.05) is 18.2 Å². The fourth-order valence-corrected chi connectivity index (χ4v) is 0.973. The number of carbonyl (C=O) groups excluding carboxylic acids is 1. The first-order valence-corrected chi connectivity index (χ1v) is 4.23. The van der Waals surface area contributed by atoms with Crippen molar-refractivity contribution in [2.45, 2.75) is 0 Å². The molecule has 1 amide bonds. The number of nitrogens with zero attached hydrogens (tertiary/aromatic N) is 1. The summed E-state index contributed by atoms with van der Waals surface area (Å²) in [4.78, 5) is 11.4. The molecule has 3 nitrogen and oxygen atoms in total. The van der Waals surface area contributed by atoms with Crippen LogP contribution in [-0.4, -0.2) is 26.0 Å². The molecule has 0 saturated heterocycles. The summed E-state index contributed by atoms with van der Waals surface area (Å²) in [6.07, 6.45) is 0. The van der Waals surface area contributed by atoms with Crippen LogP contribution in [0.3, 0.4) is 0 Å². The molecule has 1 N–H and O–H groups in total. The van der Waals surface area contributed by atoms with Crippen molar-refractivity contribution in [2.24, 2.45) is 0 Å². The Kier molecular flexibility index (Phi) is 3.99. The van der Waals surface area contributed by atoms with Crippen molar-refractivity contribution < 1.29 is 4.79 Å². The second kappa shape index (κ2) is 5.32. The number of hydrogen-bond donors (Lipinski definition) is 1. The van der Waals surface area contributed by atoms with Gasteiger partial charge in [0.25, 0.3) is 5.91 Å². The summed E-state index contributed by atoms with van der Waals surface area (Å²) in [5, 5.41) is 6.65. The minimum atomic E-state index is -0.0377. The molecule has 0 atom stereocenters. The summed E-state index contributed by atoms with van der Waals surface area (Å²) >= 11 is 0. The van der Waals surface area contributed by atoms with E-state index in [1.165, 1.54) is 0 Å². The number of amides is 1. The Hall–Kier alpha value is -1.35. The Morgan fingerprint density at radius 2 is 2.08 bits per heavy atom. The predicted molar refractivity (Wildman–Crippen MR) is 51.7 cm³/mol. The molecule has 0 aromatic heterocycles. The lowest BCUT2D eigenvalue weighted by Gasteiger charge is -2.02. The molecule has 1 aromatic rings. The molecule has 0 aliphatic carbocycles. The Morgan fingerprint density at radius 1 is 1.38 bits per heavy atom. The molecule has 0 heterocycles. The van der Waals surface area contributed by atoms with E-state index in [1.54, 1.807) is 19.2 Å². The second-order valence-corrected chi connectivity index (χ2v) is 2.66. The normalized spacial score (nSPS) is 9.62. The molecule has 69 valence electrons. The van der Waals surface area contributed by atoms with Gasteiger partial charge in [-0.3, -0.25) is 4.79 Å². The summed E-state index contributed by atoms with van der Waals surface area (Å²) in [6, 6.07) is 9.16. The summed E-state index contributed by atoms with van der Waals surface area (Å²) in [5.74, 6) is -0.0377. The first-order chi connectivity index (χ1) is 6.34. The summed E-state index contributed by atoms with van der Waals surface area (Å²) in [5.41, 5.74) is 0.693. The van der Waals surface area contributed by atoms with Gasteiger partial charge in [0.05, 0.1) is 0 Å². The van der Waals surface area contributed by atoms with Crippen molar-refractivity contribution >= 4 is 5.91 Å². The SMILES string of the molecule is C[N]CCNC(=O)c1ccccc1. The molecule has 0 aliphatic rings. The summed E-state index contributed by atoms with van der Waals surface area (Å²) in [6.45, 7) is 1.27. The van der Waals surface area contributed by atoms with Gasteiger partial charge in [-0.25, -0.2) is 5.32 Å². The molecule has 0 spiro atoms. The molecule has 13 heavy (non-hydrogen) atoms. The maximum Gasteiger partial charge on any atom is 0.251 e. The minimum absolute atomic E-state index is 0.0377. The van der Waals surface area contributed by atoms with Gasteiger partial charge < -0.3 is 5.32 Å². The number of likely N-dealkylation sites (N-methyl/N-ethyl adjacent to an activating group) is 1. The van der Waals surface area contributed by atoms with E-state index in [0.29, 0.717) is 18.7 Å². The van der Waals surface area contributed by atoms with Crippen LogP contribution in [0.2, 0.25) is 0 Å². The van der Waals surface area contributed by atoms with Gasteiger partial charge in [-0.05, 0) is 12.1 Å². The fourth-order valence-electron chi connectivity index (χ4n) is 0.973. The monoisotopic (exact) mass is 177 g/mol. The smallest absolute Gasteiger partial charge is 0.251 e. The average Bonchev–Trinajstić information content (AvgIpc) is 2.19. The van der Waals surface area contributed by atoms with Crippen LogP contribution in [0.15, 0.2) is 30.3 Å². The van der Waals surface area contributed by atoms with Crippen molar-refractivity contribution in [3.63, 3.8) is 0 Å².